The van der Waals surface area contributed by atoms with Crippen molar-refractivity contribution < 1.29 is 9.90 Å². The Morgan fingerprint density at radius 1 is 1.33 bits per heavy atom. The van der Waals surface area contributed by atoms with Crippen LogP contribution < -0.4 is 5.73 Å². The van der Waals surface area contributed by atoms with Crippen LogP contribution in [0.15, 0.2) is 36.4 Å². The Morgan fingerprint density at radius 3 is 2.53 bits per heavy atom. The molecule has 3 nitrogen and oxygen atoms in total. The lowest BCUT2D eigenvalue weighted by molar-refractivity contribution is -0.143. The average molecular weight is 203 g/mol. The molecule has 0 unspecified atom stereocenters. The smallest absolute Gasteiger partial charge is 0.314 e. The largest absolute Gasteiger partial charge is 0.481 e. The van der Waals surface area contributed by atoms with Crippen molar-refractivity contribution in [2.24, 2.45) is 0 Å². The zero-order valence-corrected chi connectivity index (χ0v) is 8.31. The van der Waals surface area contributed by atoms with E-state index in [1.807, 2.05) is 18.2 Å². The van der Waals surface area contributed by atoms with Crippen LogP contribution in [0.1, 0.15) is 18.4 Å². The third kappa shape index (κ3) is 1.50. The van der Waals surface area contributed by atoms with Crippen LogP contribution in [0.25, 0.3) is 0 Å². The summed E-state index contributed by atoms with van der Waals surface area (Å²) in [5.74, 6) is -0.780. The molecule has 0 bridgehead atoms. The molecular weight excluding hydrogens is 190 g/mol. The zero-order chi connectivity index (χ0) is 10.9. The number of carboxylic acid groups (broad SMARTS) is 1. The Bertz CT molecular complexity index is 415. The minimum absolute atomic E-state index is 0.547. The van der Waals surface area contributed by atoms with E-state index in [-0.39, 0.29) is 0 Å². The van der Waals surface area contributed by atoms with E-state index in [0.717, 1.165) is 5.56 Å². The summed E-state index contributed by atoms with van der Waals surface area (Å²) in [4.78, 5) is 11.4. The predicted octanol–water partition coefficient (Wildman–Crippen LogP) is 1.94. The summed E-state index contributed by atoms with van der Waals surface area (Å²) >= 11 is 0. The fourth-order valence-corrected chi connectivity index (χ4v) is 2.02. The van der Waals surface area contributed by atoms with Crippen LogP contribution in [-0.2, 0) is 10.2 Å². The molecule has 15 heavy (non-hydrogen) atoms. The van der Waals surface area contributed by atoms with Gasteiger partial charge in [0.15, 0.2) is 0 Å². The van der Waals surface area contributed by atoms with Gasteiger partial charge in [0.25, 0.3) is 0 Å². The summed E-state index contributed by atoms with van der Waals surface area (Å²) in [6.45, 7) is 0. The van der Waals surface area contributed by atoms with Crippen LogP contribution in [0, 0.1) is 0 Å². The van der Waals surface area contributed by atoms with Gasteiger partial charge < -0.3 is 10.8 Å². The lowest BCUT2D eigenvalue weighted by Gasteiger charge is -2.24. The molecule has 1 aromatic rings. The first kappa shape index (κ1) is 9.77. The van der Waals surface area contributed by atoms with E-state index in [1.165, 1.54) is 0 Å². The van der Waals surface area contributed by atoms with E-state index < -0.39 is 11.4 Å². The molecule has 0 spiro atoms. The number of carbonyl (C=O) groups is 1. The van der Waals surface area contributed by atoms with Gasteiger partial charge in [-0.3, -0.25) is 4.79 Å². The Labute approximate surface area is 88.2 Å². The number of hydrogen-bond donors (Lipinski definition) is 2. The summed E-state index contributed by atoms with van der Waals surface area (Å²) in [5.41, 5.74) is 6.28. The molecule has 1 aliphatic carbocycles. The number of nitrogen functional groups attached to an aromatic ring is 1. The molecule has 0 radical (unpaired) electrons. The van der Waals surface area contributed by atoms with Gasteiger partial charge in [-0.2, -0.15) is 0 Å². The van der Waals surface area contributed by atoms with E-state index >= 15 is 0 Å². The lowest BCUT2D eigenvalue weighted by atomic mass is 9.78. The molecule has 0 atom stereocenters. The molecular formula is C12H13NO2. The van der Waals surface area contributed by atoms with Crippen molar-refractivity contribution in [3.05, 3.63) is 42.0 Å². The normalized spacial score (nSPS) is 17.9. The number of carboxylic acids is 1. The maximum Gasteiger partial charge on any atom is 0.314 e. The summed E-state index contributed by atoms with van der Waals surface area (Å²) in [6, 6.07) is 7.15. The van der Waals surface area contributed by atoms with Crippen LogP contribution in [0.2, 0.25) is 0 Å². The molecule has 1 aliphatic rings. The van der Waals surface area contributed by atoms with Gasteiger partial charge in [-0.1, -0.05) is 24.3 Å². The molecule has 0 heterocycles. The SMILES string of the molecule is Nc1cccc(C2(C(=O)O)CC=CC2)c1. The van der Waals surface area contributed by atoms with Gasteiger partial charge in [0.05, 0.1) is 5.41 Å². The second-order valence-corrected chi connectivity index (χ2v) is 3.89. The van der Waals surface area contributed by atoms with E-state index in [0.29, 0.717) is 18.5 Å². The highest BCUT2D eigenvalue weighted by Gasteiger charge is 2.40. The standard InChI is InChI=1S/C12H13NO2/c13-10-5-3-4-9(8-10)12(11(14)15)6-1-2-7-12/h1-5,8H,6-7,13H2,(H,14,15). The number of aliphatic carboxylic acids is 1. The number of allylic oxidation sites excluding steroid dienone is 2. The van der Waals surface area contributed by atoms with Crippen LogP contribution in [0.5, 0.6) is 0 Å². The van der Waals surface area contributed by atoms with Gasteiger partial charge >= 0.3 is 5.97 Å². The number of rotatable bonds is 2. The number of anilines is 1. The van der Waals surface area contributed by atoms with E-state index in [2.05, 4.69) is 0 Å². The fraction of sp³-hybridized carbons (Fsp3) is 0.250. The monoisotopic (exact) mass is 203 g/mol. The summed E-state index contributed by atoms with van der Waals surface area (Å²) in [6.07, 6.45) is 4.92. The van der Waals surface area contributed by atoms with Crippen molar-refractivity contribution in [3.63, 3.8) is 0 Å². The Morgan fingerprint density at radius 2 is 2.00 bits per heavy atom. The van der Waals surface area contributed by atoms with E-state index in [1.54, 1.807) is 18.2 Å². The zero-order valence-electron chi connectivity index (χ0n) is 8.31. The highest BCUT2D eigenvalue weighted by Crippen LogP contribution is 2.37. The third-order valence-corrected chi connectivity index (χ3v) is 2.95. The fourth-order valence-electron chi connectivity index (χ4n) is 2.02. The van der Waals surface area contributed by atoms with E-state index in [4.69, 9.17) is 5.73 Å². The average Bonchev–Trinajstić information content (AvgIpc) is 2.67. The molecule has 3 heteroatoms. The topological polar surface area (TPSA) is 63.3 Å². The quantitative estimate of drug-likeness (QED) is 0.570. The number of nitrogens with two attached hydrogens (primary N) is 1. The highest BCUT2D eigenvalue weighted by atomic mass is 16.4. The first-order valence-corrected chi connectivity index (χ1v) is 4.89. The molecule has 0 aromatic heterocycles. The van der Waals surface area contributed by atoms with Gasteiger partial charge in [0.1, 0.15) is 0 Å². The summed E-state index contributed by atoms with van der Waals surface area (Å²) in [7, 11) is 0. The molecule has 78 valence electrons. The van der Waals surface area contributed by atoms with Gasteiger partial charge in [-0.15, -0.1) is 0 Å². The highest BCUT2D eigenvalue weighted by molar-refractivity contribution is 5.83. The second kappa shape index (κ2) is 3.42. The number of hydrogen-bond acceptors (Lipinski definition) is 2. The van der Waals surface area contributed by atoms with Gasteiger partial charge in [-0.25, -0.2) is 0 Å². The van der Waals surface area contributed by atoms with Crippen LogP contribution in [0.3, 0.4) is 0 Å². The van der Waals surface area contributed by atoms with Gasteiger partial charge in [-0.05, 0) is 30.5 Å². The molecule has 1 aromatic carbocycles. The molecule has 3 N–H and O–H groups in total. The summed E-state index contributed by atoms with van der Waals surface area (Å²) in [5, 5.41) is 9.33. The lowest BCUT2D eigenvalue weighted by Crippen LogP contribution is -2.32. The van der Waals surface area contributed by atoms with Crippen molar-refractivity contribution in [1.82, 2.24) is 0 Å². The Kier molecular flexibility index (Phi) is 2.23. The minimum Gasteiger partial charge on any atom is -0.481 e. The maximum absolute atomic E-state index is 11.4. The Hall–Kier alpha value is -1.77. The molecule has 0 fully saturated rings. The molecule has 2 rings (SSSR count). The first-order chi connectivity index (χ1) is 7.15. The molecule has 0 saturated carbocycles. The van der Waals surface area contributed by atoms with Gasteiger partial charge in [0.2, 0.25) is 0 Å². The maximum atomic E-state index is 11.4. The Balaban J connectivity index is 2.46. The van der Waals surface area contributed by atoms with Crippen molar-refractivity contribution in [2.45, 2.75) is 18.3 Å². The summed E-state index contributed by atoms with van der Waals surface area (Å²) < 4.78 is 0. The van der Waals surface area contributed by atoms with Crippen molar-refractivity contribution >= 4 is 11.7 Å². The van der Waals surface area contributed by atoms with Gasteiger partial charge in [0, 0.05) is 5.69 Å². The first-order valence-electron chi connectivity index (χ1n) is 4.89. The molecule has 0 aliphatic heterocycles. The molecule has 0 amide bonds. The van der Waals surface area contributed by atoms with Crippen molar-refractivity contribution in [3.8, 4) is 0 Å². The van der Waals surface area contributed by atoms with Crippen molar-refractivity contribution in [2.75, 3.05) is 5.73 Å². The second-order valence-electron chi connectivity index (χ2n) is 3.89. The number of benzene rings is 1. The van der Waals surface area contributed by atoms with Crippen LogP contribution >= 0.6 is 0 Å². The molecule has 0 saturated heterocycles. The third-order valence-electron chi connectivity index (χ3n) is 2.95. The van der Waals surface area contributed by atoms with Crippen LogP contribution in [0.4, 0.5) is 5.69 Å². The van der Waals surface area contributed by atoms with E-state index in [9.17, 15) is 9.90 Å². The predicted molar refractivity (Wildman–Crippen MR) is 58.5 cm³/mol. The van der Waals surface area contributed by atoms with Crippen molar-refractivity contribution in [1.29, 1.82) is 0 Å². The minimum atomic E-state index is -0.796. The van der Waals surface area contributed by atoms with Crippen LogP contribution in [-0.4, -0.2) is 11.1 Å².